The molecule has 0 saturated carbocycles. The van der Waals surface area contributed by atoms with Gasteiger partial charge < -0.3 is 15.3 Å². The van der Waals surface area contributed by atoms with Gasteiger partial charge in [0.2, 0.25) is 0 Å². The number of halogens is 1. The number of hydrogen-bond acceptors (Lipinski definition) is 3. The number of hydrogen-bond donors (Lipinski definition) is 2. The van der Waals surface area contributed by atoms with Gasteiger partial charge in [0.05, 0.1) is 13.2 Å². The Morgan fingerprint density at radius 1 is 1.45 bits per heavy atom. The first-order valence-corrected chi connectivity index (χ1v) is 7.02. The van der Waals surface area contributed by atoms with Crippen molar-refractivity contribution in [3.05, 3.63) is 46.0 Å². The molecule has 2 N–H and O–H groups in total. The lowest BCUT2D eigenvalue weighted by atomic mass is 10.1. The monoisotopic (exact) mass is 294 g/mol. The van der Waals surface area contributed by atoms with Gasteiger partial charge in [-0.3, -0.25) is 4.79 Å². The molecule has 108 valence electrons. The van der Waals surface area contributed by atoms with Crippen molar-refractivity contribution in [3.63, 3.8) is 0 Å². The van der Waals surface area contributed by atoms with Gasteiger partial charge in [0.1, 0.15) is 0 Å². The van der Waals surface area contributed by atoms with E-state index >= 15 is 0 Å². The topological polar surface area (TPSA) is 52.6 Å². The maximum atomic E-state index is 12.4. The molecule has 1 aliphatic rings. The van der Waals surface area contributed by atoms with E-state index in [9.17, 15) is 9.90 Å². The Kier molecular flexibility index (Phi) is 5.17. The standard InChI is InChI=1S/C15H19ClN2O2/c1-18(9-14(16)11-6-7-17-8-11)15(20)13-5-3-2-4-12(13)10-19/h2-5,17,19H,6-10H2,1H3/b14-11-. The molecule has 0 bridgehead atoms. The van der Waals surface area contributed by atoms with Gasteiger partial charge >= 0.3 is 0 Å². The van der Waals surface area contributed by atoms with Crippen LogP contribution in [-0.2, 0) is 6.61 Å². The average Bonchev–Trinajstić information content (AvgIpc) is 3.00. The van der Waals surface area contributed by atoms with Crippen molar-refractivity contribution >= 4 is 17.5 Å². The fourth-order valence-corrected chi connectivity index (χ4v) is 2.60. The van der Waals surface area contributed by atoms with Crippen LogP contribution in [0.4, 0.5) is 0 Å². The minimum absolute atomic E-state index is 0.126. The number of amides is 1. The summed E-state index contributed by atoms with van der Waals surface area (Å²) in [6.45, 7) is 2.00. The summed E-state index contributed by atoms with van der Waals surface area (Å²) in [5, 5.41) is 13.2. The summed E-state index contributed by atoms with van der Waals surface area (Å²) in [7, 11) is 1.72. The van der Waals surface area contributed by atoms with Crippen LogP contribution in [0.25, 0.3) is 0 Å². The summed E-state index contributed by atoms with van der Waals surface area (Å²) in [4.78, 5) is 14.0. The number of benzene rings is 1. The van der Waals surface area contributed by atoms with Crippen molar-refractivity contribution in [1.29, 1.82) is 0 Å². The lowest BCUT2D eigenvalue weighted by Gasteiger charge is -2.19. The number of nitrogens with zero attached hydrogens (tertiary/aromatic N) is 1. The Morgan fingerprint density at radius 3 is 2.85 bits per heavy atom. The molecule has 1 aromatic rings. The van der Waals surface area contributed by atoms with E-state index in [0.717, 1.165) is 24.5 Å². The van der Waals surface area contributed by atoms with E-state index in [1.807, 2.05) is 6.07 Å². The van der Waals surface area contributed by atoms with Gasteiger partial charge in [-0.1, -0.05) is 29.8 Å². The molecule has 1 aliphatic heterocycles. The normalized spacial score (nSPS) is 17.1. The predicted molar refractivity (Wildman–Crippen MR) is 79.7 cm³/mol. The quantitative estimate of drug-likeness (QED) is 0.889. The lowest BCUT2D eigenvalue weighted by Crippen LogP contribution is -2.29. The Morgan fingerprint density at radius 2 is 2.20 bits per heavy atom. The molecule has 0 aliphatic carbocycles. The first kappa shape index (κ1) is 15.0. The summed E-state index contributed by atoms with van der Waals surface area (Å²) < 4.78 is 0. The summed E-state index contributed by atoms with van der Waals surface area (Å²) in [5.74, 6) is -0.126. The minimum atomic E-state index is -0.144. The van der Waals surface area contributed by atoms with Crippen LogP contribution in [0.5, 0.6) is 0 Å². The lowest BCUT2D eigenvalue weighted by molar-refractivity contribution is 0.0805. The highest BCUT2D eigenvalue weighted by Crippen LogP contribution is 2.18. The van der Waals surface area contributed by atoms with E-state index in [1.54, 1.807) is 30.1 Å². The van der Waals surface area contributed by atoms with Crippen molar-refractivity contribution in [2.45, 2.75) is 13.0 Å². The van der Waals surface area contributed by atoms with Gasteiger partial charge in [0.25, 0.3) is 5.91 Å². The summed E-state index contributed by atoms with van der Waals surface area (Å²) >= 11 is 6.28. The highest BCUT2D eigenvalue weighted by atomic mass is 35.5. The molecule has 2 rings (SSSR count). The molecule has 5 heteroatoms. The second kappa shape index (κ2) is 6.88. The number of likely N-dealkylation sites (N-methyl/N-ethyl adjacent to an activating group) is 1. The largest absolute Gasteiger partial charge is 0.392 e. The molecule has 0 aromatic heterocycles. The van der Waals surface area contributed by atoms with Crippen molar-refractivity contribution in [2.24, 2.45) is 0 Å². The third-order valence-electron chi connectivity index (χ3n) is 3.47. The molecular weight excluding hydrogens is 276 g/mol. The second-order valence-corrected chi connectivity index (χ2v) is 5.37. The molecule has 1 amide bonds. The highest BCUT2D eigenvalue weighted by molar-refractivity contribution is 6.30. The minimum Gasteiger partial charge on any atom is -0.392 e. The zero-order chi connectivity index (χ0) is 14.5. The Bertz CT molecular complexity index is 520. The highest BCUT2D eigenvalue weighted by Gasteiger charge is 2.18. The van der Waals surface area contributed by atoms with Crippen LogP contribution in [0.2, 0.25) is 0 Å². The molecule has 1 saturated heterocycles. The van der Waals surface area contributed by atoms with E-state index in [4.69, 9.17) is 11.6 Å². The number of nitrogens with one attached hydrogen (secondary N) is 1. The van der Waals surface area contributed by atoms with Crippen LogP contribution < -0.4 is 5.32 Å². The van der Waals surface area contributed by atoms with E-state index in [1.165, 1.54) is 5.57 Å². The van der Waals surface area contributed by atoms with E-state index in [-0.39, 0.29) is 12.5 Å². The summed E-state index contributed by atoms with van der Waals surface area (Å²) in [5.41, 5.74) is 2.33. The SMILES string of the molecule is CN(C/C(Cl)=C1\CCNC1)C(=O)c1ccccc1CO. The molecule has 1 heterocycles. The van der Waals surface area contributed by atoms with Crippen LogP contribution >= 0.6 is 11.6 Å². The van der Waals surface area contributed by atoms with Crippen LogP contribution in [-0.4, -0.2) is 42.6 Å². The maximum Gasteiger partial charge on any atom is 0.254 e. The van der Waals surface area contributed by atoms with Gasteiger partial charge in [-0.25, -0.2) is 0 Å². The molecule has 0 spiro atoms. The average molecular weight is 295 g/mol. The number of carbonyl (C=O) groups is 1. The third-order valence-corrected chi connectivity index (χ3v) is 3.85. The second-order valence-electron chi connectivity index (χ2n) is 4.91. The van der Waals surface area contributed by atoms with E-state index in [0.29, 0.717) is 17.7 Å². The van der Waals surface area contributed by atoms with Gasteiger partial charge in [-0.2, -0.15) is 0 Å². The fraction of sp³-hybridized carbons (Fsp3) is 0.400. The van der Waals surface area contributed by atoms with Crippen LogP contribution in [0, 0.1) is 0 Å². The predicted octanol–water partition coefficient (Wildman–Crippen LogP) is 1.74. The fourth-order valence-electron chi connectivity index (χ4n) is 2.26. The molecule has 20 heavy (non-hydrogen) atoms. The molecule has 0 atom stereocenters. The van der Waals surface area contributed by atoms with Gasteiger partial charge in [0.15, 0.2) is 0 Å². The number of aliphatic hydroxyl groups is 1. The van der Waals surface area contributed by atoms with Crippen LogP contribution in [0.1, 0.15) is 22.3 Å². The molecular formula is C15H19ClN2O2. The Balaban J connectivity index is 2.10. The molecule has 0 unspecified atom stereocenters. The van der Waals surface area contributed by atoms with Gasteiger partial charge in [0, 0.05) is 24.2 Å². The van der Waals surface area contributed by atoms with Crippen molar-refractivity contribution in [1.82, 2.24) is 10.2 Å². The van der Waals surface area contributed by atoms with E-state index in [2.05, 4.69) is 5.32 Å². The Labute approximate surface area is 124 Å². The van der Waals surface area contributed by atoms with Gasteiger partial charge in [-0.15, -0.1) is 0 Å². The van der Waals surface area contributed by atoms with Crippen molar-refractivity contribution in [2.75, 3.05) is 26.7 Å². The third kappa shape index (κ3) is 3.39. The molecule has 4 nitrogen and oxygen atoms in total. The number of rotatable bonds is 4. The zero-order valence-corrected chi connectivity index (χ0v) is 12.3. The molecule has 1 aromatic carbocycles. The van der Waals surface area contributed by atoms with E-state index < -0.39 is 0 Å². The van der Waals surface area contributed by atoms with Crippen molar-refractivity contribution < 1.29 is 9.90 Å². The van der Waals surface area contributed by atoms with Crippen LogP contribution in [0.15, 0.2) is 34.9 Å². The maximum absolute atomic E-state index is 12.4. The zero-order valence-electron chi connectivity index (χ0n) is 11.5. The first-order chi connectivity index (χ1) is 9.63. The Hall–Kier alpha value is -1.36. The smallest absolute Gasteiger partial charge is 0.254 e. The summed E-state index contributed by atoms with van der Waals surface area (Å²) in [6, 6.07) is 7.08. The number of aliphatic hydroxyl groups excluding tert-OH is 1. The van der Waals surface area contributed by atoms with Crippen LogP contribution in [0.3, 0.4) is 0 Å². The number of carbonyl (C=O) groups excluding carboxylic acids is 1. The first-order valence-electron chi connectivity index (χ1n) is 6.65. The van der Waals surface area contributed by atoms with Crippen molar-refractivity contribution in [3.8, 4) is 0 Å². The summed E-state index contributed by atoms with van der Waals surface area (Å²) in [6.07, 6.45) is 0.939. The molecule has 1 fully saturated rings. The van der Waals surface area contributed by atoms with Gasteiger partial charge in [-0.05, 0) is 30.2 Å². The molecule has 0 radical (unpaired) electrons.